The molecule has 48 valence electrons. The predicted octanol–water partition coefficient (Wildman–Crippen LogP) is 1.05. The van der Waals surface area contributed by atoms with Crippen LogP contribution in [0.2, 0.25) is 0 Å². The van der Waals surface area contributed by atoms with E-state index in [1.54, 1.807) is 6.20 Å². The molecule has 0 saturated heterocycles. The van der Waals surface area contributed by atoms with Crippen molar-refractivity contribution in [3.8, 4) is 0 Å². The Hall–Kier alpha value is -1.12. The molecule has 0 bridgehead atoms. The third-order valence-corrected chi connectivity index (χ3v) is 1.02. The minimum atomic E-state index is 0.159. The molecule has 1 heterocycles. The van der Waals surface area contributed by atoms with Crippen molar-refractivity contribution in [2.75, 3.05) is 0 Å². The first-order valence-corrected chi connectivity index (χ1v) is 2.76. The van der Waals surface area contributed by atoms with Gasteiger partial charge in [0.05, 0.1) is 6.20 Å². The highest BCUT2D eigenvalue weighted by Crippen LogP contribution is 2.00. The molecule has 0 aliphatic rings. The molecule has 0 atom stereocenters. The molecule has 3 heteroatoms. The zero-order chi connectivity index (χ0) is 6.69. The van der Waals surface area contributed by atoms with Gasteiger partial charge < -0.3 is 4.42 Å². The number of aryl methyl sites for hydroxylation is 1. The summed E-state index contributed by atoms with van der Waals surface area (Å²) in [5, 5.41) is 0. The van der Waals surface area contributed by atoms with Crippen molar-refractivity contribution in [3.63, 3.8) is 0 Å². The Labute approximate surface area is 52.7 Å². The van der Waals surface area contributed by atoms with Crippen LogP contribution >= 0.6 is 0 Å². The van der Waals surface area contributed by atoms with Crippen LogP contribution in [-0.2, 0) is 6.42 Å². The summed E-state index contributed by atoms with van der Waals surface area (Å²) in [6, 6.07) is 0. The van der Waals surface area contributed by atoms with Crippen LogP contribution in [0.1, 0.15) is 23.4 Å². The van der Waals surface area contributed by atoms with Gasteiger partial charge in [0.25, 0.3) is 5.89 Å². The van der Waals surface area contributed by atoms with Gasteiger partial charge in [0.2, 0.25) is 6.29 Å². The lowest BCUT2D eigenvalue weighted by atomic mass is 10.4. The van der Waals surface area contributed by atoms with Gasteiger partial charge in [-0.1, -0.05) is 6.92 Å². The van der Waals surface area contributed by atoms with E-state index in [4.69, 9.17) is 4.42 Å². The first-order chi connectivity index (χ1) is 4.36. The summed E-state index contributed by atoms with van der Waals surface area (Å²) in [4.78, 5) is 13.7. The van der Waals surface area contributed by atoms with E-state index in [1.807, 2.05) is 6.92 Å². The van der Waals surface area contributed by atoms with Gasteiger partial charge in [-0.3, -0.25) is 4.79 Å². The van der Waals surface area contributed by atoms with Crippen molar-refractivity contribution in [3.05, 3.63) is 17.8 Å². The second-order valence-corrected chi connectivity index (χ2v) is 1.64. The quantitative estimate of drug-likeness (QED) is 0.555. The lowest BCUT2D eigenvalue weighted by Crippen LogP contribution is -1.73. The molecule has 9 heavy (non-hydrogen) atoms. The summed E-state index contributed by atoms with van der Waals surface area (Å²) >= 11 is 0. The predicted molar refractivity (Wildman–Crippen MR) is 31.3 cm³/mol. The van der Waals surface area contributed by atoms with Gasteiger partial charge in [-0.05, 0) is 0 Å². The van der Waals surface area contributed by atoms with Gasteiger partial charge in [-0.25, -0.2) is 4.98 Å². The SMILES string of the molecule is CCc1cnc(C=O)o1. The summed E-state index contributed by atoms with van der Waals surface area (Å²) in [5.41, 5.74) is 0. The van der Waals surface area contributed by atoms with E-state index in [1.165, 1.54) is 0 Å². The number of carbonyl (C=O) groups excluding carboxylic acids is 1. The lowest BCUT2D eigenvalue weighted by molar-refractivity contribution is 0.109. The number of hydrogen-bond acceptors (Lipinski definition) is 3. The lowest BCUT2D eigenvalue weighted by Gasteiger charge is -1.80. The van der Waals surface area contributed by atoms with Crippen LogP contribution in [0.25, 0.3) is 0 Å². The zero-order valence-corrected chi connectivity index (χ0v) is 5.13. The fourth-order valence-corrected chi connectivity index (χ4v) is 0.541. The van der Waals surface area contributed by atoms with E-state index in [9.17, 15) is 4.79 Å². The van der Waals surface area contributed by atoms with E-state index in [0.29, 0.717) is 6.29 Å². The smallest absolute Gasteiger partial charge is 0.259 e. The third-order valence-electron chi connectivity index (χ3n) is 1.02. The largest absolute Gasteiger partial charge is 0.439 e. The highest BCUT2D eigenvalue weighted by atomic mass is 16.4. The molecule has 1 aromatic rings. The molecule has 0 amide bonds. The molecular weight excluding hydrogens is 118 g/mol. The van der Waals surface area contributed by atoms with Crippen molar-refractivity contribution >= 4 is 6.29 Å². The van der Waals surface area contributed by atoms with Gasteiger partial charge >= 0.3 is 0 Å². The average Bonchev–Trinajstić information content (AvgIpc) is 2.34. The van der Waals surface area contributed by atoms with Gasteiger partial charge in [0, 0.05) is 6.42 Å². The van der Waals surface area contributed by atoms with Crippen LogP contribution in [0.5, 0.6) is 0 Å². The molecule has 1 rings (SSSR count). The normalized spacial score (nSPS) is 9.44. The fraction of sp³-hybridized carbons (Fsp3) is 0.333. The number of hydrogen-bond donors (Lipinski definition) is 0. The van der Waals surface area contributed by atoms with E-state index < -0.39 is 0 Å². The number of aldehydes is 1. The van der Waals surface area contributed by atoms with Crippen molar-refractivity contribution in [1.82, 2.24) is 4.98 Å². The van der Waals surface area contributed by atoms with Crippen molar-refractivity contribution in [2.24, 2.45) is 0 Å². The van der Waals surface area contributed by atoms with Crippen LogP contribution in [0.15, 0.2) is 10.6 Å². The van der Waals surface area contributed by atoms with Gasteiger partial charge in [0.15, 0.2) is 0 Å². The van der Waals surface area contributed by atoms with Crippen LogP contribution in [0, 0.1) is 0 Å². The topological polar surface area (TPSA) is 43.1 Å². The number of nitrogens with zero attached hydrogens (tertiary/aromatic N) is 1. The Morgan fingerprint density at radius 2 is 2.67 bits per heavy atom. The minimum Gasteiger partial charge on any atom is -0.439 e. The molecule has 1 aromatic heterocycles. The molecule has 0 fully saturated rings. The molecule has 0 aromatic carbocycles. The van der Waals surface area contributed by atoms with Gasteiger partial charge in [0.1, 0.15) is 5.76 Å². The fourth-order valence-electron chi connectivity index (χ4n) is 0.541. The van der Waals surface area contributed by atoms with Crippen LogP contribution in [0.3, 0.4) is 0 Å². The molecular formula is C6H7NO2. The number of carbonyl (C=O) groups is 1. The average molecular weight is 125 g/mol. The summed E-state index contributed by atoms with van der Waals surface area (Å²) in [7, 11) is 0. The maximum Gasteiger partial charge on any atom is 0.259 e. The Morgan fingerprint density at radius 1 is 1.89 bits per heavy atom. The van der Waals surface area contributed by atoms with Crippen LogP contribution in [-0.4, -0.2) is 11.3 Å². The Kier molecular flexibility index (Phi) is 1.63. The second kappa shape index (κ2) is 2.44. The Bertz CT molecular complexity index is 205. The highest BCUT2D eigenvalue weighted by molar-refractivity contribution is 5.67. The summed E-state index contributed by atoms with van der Waals surface area (Å²) in [5.74, 6) is 0.906. The van der Waals surface area contributed by atoms with E-state index >= 15 is 0 Å². The van der Waals surface area contributed by atoms with Crippen molar-refractivity contribution in [2.45, 2.75) is 13.3 Å². The van der Waals surface area contributed by atoms with Crippen LogP contribution < -0.4 is 0 Å². The van der Waals surface area contributed by atoms with Crippen LogP contribution in [0.4, 0.5) is 0 Å². The molecule has 0 saturated carbocycles. The standard InChI is InChI=1S/C6H7NO2/c1-2-5-3-7-6(4-8)9-5/h3-4H,2H2,1H3. The zero-order valence-electron chi connectivity index (χ0n) is 5.13. The van der Waals surface area contributed by atoms with Gasteiger partial charge in [-0.2, -0.15) is 0 Å². The van der Waals surface area contributed by atoms with E-state index in [-0.39, 0.29) is 5.89 Å². The molecule has 0 spiro atoms. The second-order valence-electron chi connectivity index (χ2n) is 1.64. The van der Waals surface area contributed by atoms with Gasteiger partial charge in [-0.15, -0.1) is 0 Å². The first kappa shape index (κ1) is 6.01. The summed E-state index contributed by atoms with van der Waals surface area (Å²) in [6.45, 7) is 1.94. The molecule has 0 radical (unpaired) electrons. The molecule has 0 unspecified atom stereocenters. The van der Waals surface area contributed by atoms with E-state index in [2.05, 4.69) is 4.98 Å². The monoisotopic (exact) mass is 125 g/mol. The summed E-state index contributed by atoms with van der Waals surface area (Å²) < 4.78 is 4.90. The third kappa shape index (κ3) is 1.16. The Morgan fingerprint density at radius 3 is 3.00 bits per heavy atom. The maximum absolute atomic E-state index is 9.98. The number of rotatable bonds is 2. The Balaban J connectivity index is 2.86. The molecule has 0 aliphatic heterocycles. The highest BCUT2D eigenvalue weighted by Gasteiger charge is 1.97. The molecule has 3 nitrogen and oxygen atoms in total. The first-order valence-electron chi connectivity index (χ1n) is 2.76. The van der Waals surface area contributed by atoms with Crippen molar-refractivity contribution in [1.29, 1.82) is 0 Å². The van der Waals surface area contributed by atoms with Crippen molar-refractivity contribution < 1.29 is 9.21 Å². The molecule has 0 N–H and O–H groups in total. The van der Waals surface area contributed by atoms with E-state index in [0.717, 1.165) is 12.2 Å². The maximum atomic E-state index is 9.98. The number of oxazole rings is 1. The summed E-state index contributed by atoms with van der Waals surface area (Å²) in [6.07, 6.45) is 2.93. The molecule has 0 aliphatic carbocycles. The number of aromatic nitrogens is 1. The minimum absolute atomic E-state index is 0.159.